The molecular weight excluding hydrogens is 224 g/mol. The van der Waals surface area contributed by atoms with Gasteiger partial charge in [-0.2, -0.15) is 4.98 Å². The number of hydrogen-bond donors (Lipinski definition) is 1. The fourth-order valence-corrected chi connectivity index (χ4v) is 2.50. The van der Waals surface area contributed by atoms with E-state index >= 15 is 0 Å². The van der Waals surface area contributed by atoms with Gasteiger partial charge in [-0.1, -0.05) is 25.0 Å². The third kappa shape index (κ3) is 2.10. The number of nitrogen functional groups attached to an aromatic ring is 1. The van der Waals surface area contributed by atoms with Gasteiger partial charge in [0.2, 0.25) is 5.95 Å². The van der Waals surface area contributed by atoms with Gasteiger partial charge in [-0.3, -0.25) is 0 Å². The molecule has 0 bridgehead atoms. The summed E-state index contributed by atoms with van der Waals surface area (Å²) in [5.74, 6) is 1.37. The van der Waals surface area contributed by atoms with Crippen LogP contribution >= 0.6 is 0 Å². The number of benzene rings is 1. The lowest BCUT2D eigenvalue weighted by atomic mass is 10.2. The van der Waals surface area contributed by atoms with E-state index in [4.69, 9.17) is 5.73 Å². The van der Waals surface area contributed by atoms with E-state index in [1.54, 1.807) is 0 Å². The second kappa shape index (κ2) is 4.80. The molecule has 0 unspecified atom stereocenters. The van der Waals surface area contributed by atoms with E-state index in [0.29, 0.717) is 5.82 Å². The lowest BCUT2D eigenvalue weighted by Gasteiger charge is -2.20. The molecule has 3 rings (SSSR count). The predicted octanol–water partition coefficient (Wildman–Crippen LogP) is 2.59. The first-order valence-corrected chi connectivity index (χ1v) is 6.62. The zero-order valence-electron chi connectivity index (χ0n) is 10.5. The van der Waals surface area contributed by atoms with Crippen LogP contribution < -0.4 is 10.6 Å². The van der Waals surface area contributed by atoms with Crippen molar-refractivity contribution in [2.24, 2.45) is 0 Å². The summed E-state index contributed by atoms with van der Waals surface area (Å²) in [6, 6.07) is 7.92. The number of anilines is 2. The quantitative estimate of drug-likeness (QED) is 0.835. The Labute approximate surface area is 107 Å². The summed E-state index contributed by atoms with van der Waals surface area (Å²) >= 11 is 0. The van der Waals surface area contributed by atoms with Gasteiger partial charge in [-0.05, 0) is 25.0 Å². The van der Waals surface area contributed by atoms with Crippen molar-refractivity contribution in [2.45, 2.75) is 25.7 Å². The van der Waals surface area contributed by atoms with Crippen LogP contribution in [0.3, 0.4) is 0 Å². The molecule has 1 aromatic carbocycles. The molecule has 2 heterocycles. The van der Waals surface area contributed by atoms with Crippen molar-refractivity contribution < 1.29 is 0 Å². The number of nitrogens with two attached hydrogens (primary N) is 1. The van der Waals surface area contributed by atoms with Crippen molar-refractivity contribution in [3.63, 3.8) is 0 Å². The molecule has 1 aliphatic heterocycles. The summed E-state index contributed by atoms with van der Waals surface area (Å²) in [4.78, 5) is 11.4. The van der Waals surface area contributed by atoms with Crippen LogP contribution in [-0.4, -0.2) is 23.1 Å². The molecule has 1 aromatic heterocycles. The fourth-order valence-electron chi connectivity index (χ4n) is 2.50. The van der Waals surface area contributed by atoms with E-state index < -0.39 is 0 Å². The van der Waals surface area contributed by atoms with Crippen LogP contribution in [0.25, 0.3) is 10.9 Å². The first kappa shape index (κ1) is 11.3. The van der Waals surface area contributed by atoms with E-state index in [9.17, 15) is 0 Å². The summed E-state index contributed by atoms with van der Waals surface area (Å²) in [6.07, 6.45) is 5.05. The molecule has 1 fully saturated rings. The van der Waals surface area contributed by atoms with Gasteiger partial charge in [0, 0.05) is 18.5 Å². The molecule has 1 aliphatic rings. The van der Waals surface area contributed by atoms with Crippen LogP contribution in [0.4, 0.5) is 11.8 Å². The Morgan fingerprint density at radius 2 is 1.67 bits per heavy atom. The Morgan fingerprint density at radius 1 is 0.944 bits per heavy atom. The first-order valence-electron chi connectivity index (χ1n) is 6.62. The van der Waals surface area contributed by atoms with Crippen molar-refractivity contribution in [1.29, 1.82) is 0 Å². The minimum Gasteiger partial charge on any atom is -0.383 e. The van der Waals surface area contributed by atoms with Gasteiger partial charge in [0.15, 0.2) is 0 Å². The van der Waals surface area contributed by atoms with Gasteiger partial charge in [-0.15, -0.1) is 0 Å². The maximum absolute atomic E-state index is 6.02. The molecule has 0 amide bonds. The van der Waals surface area contributed by atoms with Crippen molar-refractivity contribution >= 4 is 22.7 Å². The molecule has 18 heavy (non-hydrogen) atoms. The zero-order chi connectivity index (χ0) is 12.4. The number of rotatable bonds is 1. The van der Waals surface area contributed by atoms with E-state index in [0.717, 1.165) is 29.9 Å². The standard InChI is InChI=1S/C14H18N4/c15-13-11-7-3-4-8-12(11)16-14(17-13)18-9-5-1-2-6-10-18/h3-4,7-8H,1-2,5-6,9-10H2,(H2,15,16,17). The highest BCUT2D eigenvalue weighted by Crippen LogP contribution is 2.22. The Bertz CT molecular complexity index is 544. The molecule has 2 N–H and O–H groups in total. The molecule has 94 valence electrons. The molecule has 0 saturated carbocycles. The molecular formula is C14H18N4. The normalized spacial score (nSPS) is 16.8. The van der Waals surface area contributed by atoms with Crippen LogP contribution in [0.1, 0.15) is 25.7 Å². The smallest absolute Gasteiger partial charge is 0.227 e. The van der Waals surface area contributed by atoms with Gasteiger partial charge in [0.25, 0.3) is 0 Å². The van der Waals surface area contributed by atoms with E-state index in [1.807, 2.05) is 24.3 Å². The lowest BCUT2D eigenvalue weighted by molar-refractivity contribution is 0.726. The summed E-state index contributed by atoms with van der Waals surface area (Å²) in [5, 5.41) is 0.941. The summed E-state index contributed by atoms with van der Waals surface area (Å²) in [6.45, 7) is 2.08. The average Bonchev–Trinajstić information content (AvgIpc) is 2.67. The number of fused-ring (bicyclic) bond motifs is 1. The van der Waals surface area contributed by atoms with Gasteiger partial charge in [0.05, 0.1) is 5.52 Å². The lowest BCUT2D eigenvalue weighted by Crippen LogP contribution is -2.26. The third-order valence-electron chi connectivity index (χ3n) is 3.51. The number of para-hydroxylation sites is 1. The molecule has 0 aliphatic carbocycles. The van der Waals surface area contributed by atoms with E-state index in [1.165, 1.54) is 25.7 Å². The van der Waals surface area contributed by atoms with Gasteiger partial charge in [0.1, 0.15) is 5.82 Å². The van der Waals surface area contributed by atoms with Gasteiger partial charge >= 0.3 is 0 Å². The minimum atomic E-state index is 0.583. The van der Waals surface area contributed by atoms with Crippen LogP contribution in [0, 0.1) is 0 Å². The molecule has 4 nitrogen and oxygen atoms in total. The molecule has 0 atom stereocenters. The average molecular weight is 242 g/mol. The Kier molecular flexibility index (Phi) is 3.00. The summed E-state index contributed by atoms with van der Waals surface area (Å²) in [7, 11) is 0. The Balaban J connectivity index is 2.01. The predicted molar refractivity (Wildman–Crippen MR) is 74.6 cm³/mol. The Hall–Kier alpha value is -1.84. The number of nitrogens with zero attached hydrogens (tertiary/aromatic N) is 3. The monoisotopic (exact) mass is 242 g/mol. The fraction of sp³-hybridized carbons (Fsp3) is 0.429. The highest BCUT2D eigenvalue weighted by atomic mass is 15.3. The molecule has 0 radical (unpaired) electrons. The van der Waals surface area contributed by atoms with Crippen molar-refractivity contribution in [2.75, 3.05) is 23.7 Å². The highest BCUT2D eigenvalue weighted by Gasteiger charge is 2.14. The Morgan fingerprint density at radius 3 is 2.44 bits per heavy atom. The SMILES string of the molecule is Nc1nc(N2CCCCCC2)nc2ccccc12. The molecule has 4 heteroatoms. The van der Waals surface area contributed by atoms with Crippen LogP contribution in [0.15, 0.2) is 24.3 Å². The summed E-state index contributed by atoms with van der Waals surface area (Å²) in [5.41, 5.74) is 6.96. The van der Waals surface area contributed by atoms with Crippen molar-refractivity contribution in [3.05, 3.63) is 24.3 Å². The first-order chi connectivity index (χ1) is 8.84. The maximum atomic E-state index is 6.02. The van der Waals surface area contributed by atoms with Gasteiger partial charge in [-0.25, -0.2) is 4.98 Å². The van der Waals surface area contributed by atoms with E-state index in [-0.39, 0.29) is 0 Å². The number of hydrogen-bond acceptors (Lipinski definition) is 4. The topological polar surface area (TPSA) is 55.0 Å². The van der Waals surface area contributed by atoms with Crippen LogP contribution in [-0.2, 0) is 0 Å². The second-order valence-electron chi connectivity index (χ2n) is 4.83. The highest BCUT2D eigenvalue weighted by molar-refractivity contribution is 5.88. The van der Waals surface area contributed by atoms with Gasteiger partial charge < -0.3 is 10.6 Å². The summed E-state index contributed by atoms with van der Waals surface area (Å²) < 4.78 is 0. The third-order valence-corrected chi connectivity index (χ3v) is 3.51. The van der Waals surface area contributed by atoms with E-state index in [2.05, 4.69) is 14.9 Å². The molecule has 1 saturated heterocycles. The second-order valence-corrected chi connectivity index (χ2v) is 4.83. The van der Waals surface area contributed by atoms with Crippen LogP contribution in [0.5, 0.6) is 0 Å². The minimum absolute atomic E-state index is 0.583. The van der Waals surface area contributed by atoms with Crippen molar-refractivity contribution in [1.82, 2.24) is 9.97 Å². The largest absolute Gasteiger partial charge is 0.383 e. The zero-order valence-corrected chi connectivity index (χ0v) is 10.5. The maximum Gasteiger partial charge on any atom is 0.227 e. The van der Waals surface area contributed by atoms with Crippen LogP contribution in [0.2, 0.25) is 0 Å². The van der Waals surface area contributed by atoms with Crippen molar-refractivity contribution in [3.8, 4) is 0 Å². The number of aromatic nitrogens is 2. The molecule has 2 aromatic rings. The molecule has 0 spiro atoms.